The van der Waals surface area contributed by atoms with Crippen molar-refractivity contribution in [3.63, 3.8) is 0 Å². The van der Waals surface area contributed by atoms with Crippen LogP contribution in [0.2, 0.25) is 0 Å². The van der Waals surface area contributed by atoms with E-state index in [9.17, 15) is 9.59 Å². The molecule has 1 heterocycles. The van der Waals surface area contributed by atoms with Crippen molar-refractivity contribution in [2.75, 3.05) is 11.9 Å². The third-order valence-corrected chi connectivity index (χ3v) is 4.74. The second-order valence-corrected chi connectivity index (χ2v) is 7.08. The summed E-state index contributed by atoms with van der Waals surface area (Å²) in [4.78, 5) is 24.8. The zero-order chi connectivity index (χ0) is 20.2. The molecular formula is C22H22N4O3. The standard InChI is InChI=1S/C22H22N4O3/c1-26-22(28)20(19(14-24-26)29-18-5-3-2-4-6-18)25-17-11-9-16(10-12-17)21(27)23-13-15-7-8-15/h2-6,9-12,14-15,25H,7-8,13H2,1H3,(H,23,27). The summed E-state index contributed by atoms with van der Waals surface area (Å²) in [5.41, 5.74) is 1.21. The highest BCUT2D eigenvalue weighted by Crippen LogP contribution is 2.29. The number of aromatic nitrogens is 2. The van der Waals surface area contributed by atoms with Crippen LogP contribution in [0.5, 0.6) is 11.5 Å². The van der Waals surface area contributed by atoms with Crippen molar-refractivity contribution >= 4 is 17.3 Å². The summed E-state index contributed by atoms with van der Waals surface area (Å²) < 4.78 is 7.07. The molecule has 0 saturated heterocycles. The van der Waals surface area contributed by atoms with Crippen LogP contribution >= 0.6 is 0 Å². The number of anilines is 2. The van der Waals surface area contributed by atoms with Gasteiger partial charge in [-0.05, 0) is 55.2 Å². The summed E-state index contributed by atoms with van der Waals surface area (Å²) in [7, 11) is 1.58. The SMILES string of the molecule is Cn1ncc(Oc2ccccc2)c(Nc2ccc(C(=O)NCC3CC3)cc2)c1=O. The number of ether oxygens (including phenoxy) is 1. The first-order valence-corrected chi connectivity index (χ1v) is 9.54. The van der Waals surface area contributed by atoms with Gasteiger partial charge >= 0.3 is 0 Å². The lowest BCUT2D eigenvalue weighted by Gasteiger charge is -2.13. The van der Waals surface area contributed by atoms with Crippen LogP contribution in [0, 0.1) is 5.92 Å². The Hall–Kier alpha value is -3.61. The maximum absolute atomic E-state index is 12.6. The maximum Gasteiger partial charge on any atom is 0.294 e. The fraction of sp³-hybridized carbons (Fsp3) is 0.227. The largest absolute Gasteiger partial charge is 0.453 e. The molecule has 4 rings (SSSR count). The molecule has 2 aromatic carbocycles. The van der Waals surface area contributed by atoms with Crippen LogP contribution in [0.3, 0.4) is 0 Å². The fourth-order valence-electron chi connectivity index (χ4n) is 2.84. The second-order valence-electron chi connectivity index (χ2n) is 7.08. The normalized spacial score (nSPS) is 13.0. The first-order chi connectivity index (χ1) is 14.1. The summed E-state index contributed by atoms with van der Waals surface area (Å²) in [6, 6.07) is 16.2. The van der Waals surface area contributed by atoms with Crippen LogP contribution in [-0.2, 0) is 7.05 Å². The Labute approximate surface area is 168 Å². The number of nitrogens with one attached hydrogen (secondary N) is 2. The van der Waals surface area contributed by atoms with Gasteiger partial charge in [0.05, 0.1) is 6.20 Å². The number of nitrogens with zero attached hydrogens (tertiary/aromatic N) is 2. The van der Waals surface area contributed by atoms with Crippen molar-refractivity contribution < 1.29 is 9.53 Å². The smallest absolute Gasteiger partial charge is 0.294 e. The van der Waals surface area contributed by atoms with Crippen LogP contribution in [0.1, 0.15) is 23.2 Å². The minimum absolute atomic E-state index is 0.0867. The van der Waals surface area contributed by atoms with Gasteiger partial charge in [-0.2, -0.15) is 5.10 Å². The first-order valence-electron chi connectivity index (χ1n) is 9.54. The van der Waals surface area contributed by atoms with Gasteiger partial charge in [0.25, 0.3) is 11.5 Å². The molecule has 7 heteroatoms. The lowest BCUT2D eigenvalue weighted by Crippen LogP contribution is -2.25. The number of hydrogen-bond acceptors (Lipinski definition) is 5. The minimum Gasteiger partial charge on any atom is -0.453 e. The van der Waals surface area contributed by atoms with Crippen LogP contribution in [0.15, 0.2) is 65.6 Å². The molecule has 0 atom stereocenters. The van der Waals surface area contributed by atoms with Gasteiger partial charge in [-0.1, -0.05) is 18.2 Å². The van der Waals surface area contributed by atoms with Crippen molar-refractivity contribution in [3.05, 3.63) is 76.7 Å². The summed E-state index contributed by atoms with van der Waals surface area (Å²) in [5, 5.41) is 10.1. The van der Waals surface area contributed by atoms with Gasteiger partial charge in [0, 0.05) is 24.8 Å². The molecule has 7 nitrogen and oxygen atoms in total. The Bertz CT molecular complexity index is 1060. The summed E-state index contributed by atoms with van der Waals surface area (Å²) in [5.74, 6) is 1.47. The number of para-hydroxylation sites is 1. The molecule has 0 unspecified atom stereocenters. The number of carbonyl (C=O) groups is 1. The lowest BCUT2D eigenvalue weighted by atomic mass is 10.2. The molecule has 0 bridgehead atoms. The average Bonchev–Trinajstić information content (AvgIpc) is 3.57. The Morgan fingerprint density at radius 2 is 1.86 bits per heavy atom. The zero-order valence-corrected chi connectivity index (χ0v) is 16.1. The molecule has 1 aliphatic rings. The van der Waals surface area contributed by atoms with Gasteiger partial charge in [0.2, 0.25) is 0 Å². The van der Waals surface area contributed by atoms with E-state index >= 15 is 0 Å². The third kappa shape index (κ3) is 4.63. The van der Waals surface area contributed by atoms with E-state index < -0.39 is 0 Å². The van der Waals surface area contributed by atoms with Crippen molar-refractivity contribution in [3.8, 4) is 11.5 Å². The molecule has 1 aliphatic carbocycles. The number of carbonyl (C=O) groups excluding carboxylic acids is 1. The summed E-state index contributed by atoms with van der Waals surface area (Å²) in [6.07, 6.45) is 3.88. The average molecular weight is 390 g/mol. The molecular weight excluding hydrogens is 368 g/mol. The number of benzene rings is 2. The monoisotopic (exact) mass is 390 g/mol. The Balaban J connectivity index is 1.52. The number of hydrogen-bond donors (Lipinski definition) is 2. The predicted octanol–water partition coefficient (Wildman–Crippen LogP) is 3.46. The number of aryl methyl sites for hydroxylation is 1. The number of amides is 1. The fourth-order valence-corrected chi connectivity index (χ4v) is 2.84. The van der Waals surface area contributed by atoms with E-state index in [2.05, 4.69) is 15.7 Å². The van der Waals surface area contributed by atoms with E-state index in [0.717, 1.165) is 6.54 Å². The quantitative estimate of drug-likeness (QED) is 0.645. The predicted molar refractivity (Wildman–Crippen MR) is 111 cm³/mol. The Morgan fingerprint density at radius 1 is 1.14 bits per heavy atom. The van der Waals surface area contributed by atoms with E-state index in [1.165, 1.54) is 23.7 Å². The van der Waals surface area contributed by atoms with Crippen LogP contribution < -0.4 is 20.9 Å². The van der Waals surface area contributed by atoms with E-state index in [1.54, 1.807) is 43.4 Å². The molecule has 2 N–H and O–H groups in total. The van der Waals surface area contributed by atoms with Crippen molar-refractivity contribution in [2.45, 2.75) is 12.8 Å². The van der Waals surface area contributed by atoms with Gasteiger partial charge in [-0.3, -0.25) is 9.59 Å². The summed E-state index contributed by atoms with van der Waals surface area (Å²) >= 11 is 0. The molecule has 0 radical (unpaired) electrons. The van der Waals surface area contributed by atoms with Gasteiger partial charge in [0.15, 0.2) is 11.4 Å². The maximum atomic E-state index is 12.6. The third-order valence-electron chi connectivity index (χ3n) is 4.74. The molecule has 1 amide bonds. The molecule has 1 aromatic heterocycles. The molecule has 1 saturated carbocycles. The highest BCUT2D eigenvalue weighted by Gasteiger charge is 2.21. The van der Waals surface area contributed by atoms with Gasteiger partial charge in [0.1, 0.15) is 5.75 Å². The highest BCUT2D eigenvalue weighted by atomic mass is 16.5. The van der Waals surface area contributed by atoms with E-state index in [-0.39, 0.29) is 17.2 Å². The first kappa shape index (κ1) is 18.7. The van der Waals surface area contributed by atoms with E-state index in [0.29, 0.717) is 28.7 Å². The molecule has 29 heavy (non-hydrogen) atoms. The molecule has 148 valence electrons. The van der Waals surface area contributed by atoms with Gasteiger partial charge in [-0.25, -0.2) is 4.68 Å². The van der Waals surface area contributed by atoms with Gasteiger partial charge in [-0.15, -0.1) is 0 Å². The van der Waals surface area contributed by atoms with Crippen LogP contribution in [0.4, 0.5) is 11.4 Å². The topological polar surface area (TPSA) is 85.2 Å². The van der Waals surface area contributed by atoms with Crippen molar-refractivity contribution in [2.24, 2.45) is 13.0 Å². The minimum atomic E-state index is -0.315. The van der Waals surface area contributed by atoms with Crippen molar-refractivity contribution in [1.29, 1.82) is 0 Å². The molecule has 0 aliphatic heterocycles. The highest BCUT2D eigenvalue weighted by molar-refractivity contribution is 5.94. The second kappa shape index (κ2) is 8.18. The zero-order valence-electron chi connectivity index (χ0n) is 16.1. The Kier molecular flexibility index (Phi) is 5.29. The van der Waals surface area contributed by atoms with Crippen LogP contribution in [-0.4, -0.2) is 22.2 Å². The van der Waals surface area contributed by atoms with Crippen molar-refractivity contribution in [1.82, 2.24) is 15.1 Å². The number of rotatable bonds is 7. The van der Waals surface area contributed by atoms with Gasteiger partial charge < -0.3 is 15.4 Å². The van der Waals surface area contributed by atoms with E-state index in [1.807, 2.05) is 18.2 Å². The summed E-state index contributed by atoms with van der Waals surface area (Å²) in [6.45, 7) is 0.728. The van der Waals surface area contributed by atoms with E-state index in [4.69, 9.17) is 4.74 Å². The lowest BCUT2D eigenvalue weighted by molar-refractivity contribution is 0.0952. The Morgan fingerprint density at radius 3 is 2.55 bits per heavy atom. The molecule has 3 aromatic rings. The van der Waals surface area contributed by atoms with Crippen LogP contribution in [0.25, 0.3) is 0 Å². The molecule has 0 spiro atoms. The molecule has 1 fully saturated rings.